The standard InChI is InChI=1S/C18H22N2O/c1-14-4-2-7-17(12-14)21-11-10-19-13-16-6-3-5-15-8-9-20-18(15)16/h2-7,12,19-20H,8-11,13H2,1H3. The van der Waals surface area contributed by atoms with Gasteiger partial charge in [-0.3, -0.25) is 0 Å². The Balaban J connectivity index is 1.44. The fourth-order valence-electron chi connectivity index (χ4n) is 2.73. The summed E-state index contributed by atoms with van der Waals surface area (Å²) < 4.78 is 5.74. The summed E-state index contributed by atoms with van der Waals surface area (Å²) in [4.78, 5) is 0. The van der Waals surface area contributed by atoms with Crippen LogP contribution in [0, 0.1) is 6.92 Å². The maximum atomic E-state index is 5.74. The van der Waals surface area contributed by atoms with Gasteiger partial charge in [0, 0.05) is 25.3 Å². The van der Waals surface area contributed by atoms with Crippen molar-refractivity contribution in [1.82, 2.24) is 5.32 Å². The van der Waals surface area contributed by atoms with Crippen LogP contribution in [0.3, 0.4) is 0 Å². The van der Waals surface area contributed by atoms with Crippen molar-refractivity contribution in [1.29, 1.82) is 0 Å². The van der Waals surface area contributed by atoms with Crippen LogP contribution in [-0.4, -0.2) is 19.7 Å². The van der Waals surface area contributed by atoms with Crippen LogP contribution in [0.15, 0.2) is 42.5 Å². The van der Waals surface area contributed by atoms with Crippen molar-refractivity contribution >= 4 is 5.69 Å². The Morgan fingerprint density at radius 1 is 1.19 bits per heavy atom. The summed E-state index contributed by atoms with van der Waals surface area (Å²) in [6.45, 7) is 5.55. The lowest BCUT2D eigenvalue weighted by Crippen LogP contribution is -2.21. The van der Waals surface area contributed by atoms with Crippen LogP contribution < -0.4 is 15.4 Å². The van der Waals surface area contributed by atoms with E-state index in [1.165, 1.54) is 22.4 Å². The molecule has 3 heteroatoms. The molecule has 0 unspecified atom stereocenters. The van der Waals surface area contributed by atoms with Gasteiger partial charge in [0.1, 0.15) is 12.4 Å². The second kappa shape index (κ2) is 6.64. The van der Waals surface area contributed by atoms with E-state index in [1.807, 2.05) is 12.1 Å². The molecule has 0 amide bonds. The fourth-order valence-corrected chi connectivity index (χ4v) is 2.73. The Morgan fingerprint density at radius 3 is 3.00 bits per heavy atom. The molecule has 3 rings (SSSR count). The zero-order chi connectivity index (χ0) is 14.5. The van der Waals surface area contributed by atoms with E-state index in [0.717, 1.165) is 31.8 Å². The Kier molecular flexibility index (Phi) is 4.41. The van der Waals surface area contributed by atoms with Crippen LogP contribution in [0.5, 0.6) is 5.75 Å². The van der Waals surface area contributed by atoms with E-state index in [1.54, 1.807) is 0 Å². The Bertz CT molecular complexity index is 610. The van der Waals surface area contributed by atoms with E-state index in [4.69, 9.17) is 4.74 Å². The summed E-state index contributed by atoms with van der Waals surface area (Å²) in [6.07, 6.45) is 1.14. The second-order valence-corrected chi connectivity index (χ2v) is 5.47. The van der Waals surface area contributed by atoms with Gasteiger partial charge in [0.25, 0.3) is 0 Å². The first-order valence-corrected chi connectivity index (χ1v) is 7.58. The predicted octanol–water partition coefficient (Wildman–Crippen LogP) is 3.13. The number of anilines is 1. The lowest BCUT2D eigenvalue weighted by atomic mass is 10.1. The zero-order valence-electron chi connectivity index (χ0n) is 12.5. The molecule has 1 aliphatic rings. The highest BCUT2D eigenvalue weighted by Crippen LogP contribution is 2.26. The summed E-state index contributed by atoms with van der Waals surface area (Å²) >= 11 is 0. The van der Waals surface area contributed by atoms with E-state index in [0.29, 0.717) is 6.61 Å². The highest BCUT2D eigenvalue weighted by Gasteiger charge is 2.12. The third-order valence-corrected chi connectivity index (χ3v) is 3.79. The van der Waals surface area contributed by atoms with Crippen molar-refractivity contribution in [2.75, 3.05) is 25.0 Å². The molecule has 0 spiro atoms. The van der Waals surface area contributed by atoms with Crippen molar-refractivity contribution in [2.24, 2.45) is 0 Å². The average molecular weight is 282 g/mol. The monoisotopic (exact) mass is 282 g/mol. The van der Waals surface area contributed by atoms with Crippen LogP contribution in [0.4, 0.5) is 5.69 Å². The quantitative estimate of drug-likeness (QED) is 0.799. The number of nitrogens with one attached hydrogen (secondary N) is 2. The normalized spacial score (nSPS) is 12.8. The maximum Gasteiger partial charge on any atom is 0.119 e. The van der Waals surface area contributed by atoms with Crippen LogP contribution in [0.1, 0.15) is 16.7 Å². The lowest BCUT2D eigenvalue weighted by Gasteiger charge is -2.11. The third-order valence-electron chi connectivity index (χ3n) is 3.79. The molecule has 0 fully saturated rings. The number of rotatable bonds is 6. The number of ether oxygens (including phenoxy) is 1. The molecule has 0 aliphatic carbocycles. The SMILES string of the molecule is Cc1cccc(OCCNCc2cccc3c2NCC3)c1. The van der Waals surface area contributed by atoms with E-state index >= 15 is 0 Å². The van der Waals surface area contributed by atoms with Gasteiger partial charge in [0.15, 0.2) is 0 Å². The zero-order valence-corrected chi connectivity index (χ0v) is 12.5. The molecule has 21 heavy (non-hydrogen) atoms. The van der Waals surface area contributed by atoms with Gasteiger partial charge >= 0.3 is 0 Å². The Morgan fingerprint density at radius 2 is 2.10 bits per heavy atom. The first-order valence-electron chi connectivity index (χ1n) is 7.58. The van der Waals surface area contributed by atoms with Gasteiger partial charge in [-0.1, -0.05) is 30.3 Å². The lowest BCUT2D eigenvalue weighted by molar-refractivity contribution is 0.313. The summed E-state index contributed by atoms with van der Waals surface area (Å²) in [7, 11) is 0. The summed E-state index contributed by atoms with van der Waals surface area (Å²) in [6, 6.07) is 14.7. The molecule has 2 aromatic rings. The molecular formula is C18H22N2O. The van der Waals surface area contributed by atoms with Crippen LogP contribution in [0.2, 0.25) is 0 Å². The molecule has 2 N–H and O–H groups in total. The molecule has 1 aliphatic heterocycles. The molecule has 110 valence electrons. The molecule has 3 nitrogen and oxygen atoms in total. The van der Waals surface area contributed by atoms with Crippen molar-refractivity contribution in [3.8, 4) is 5.75 Å². The Labute approximate surface area is 126 Å². The molecule has 0 radical (unpaired) electrons. The molecule has 0 aromatic heterocycles. The minimum atomic E-state index is 0.686. The van der Waals surface area contributed by atoms with E-state index in [-0.39, 0.29) is 0 Å². The van der Waals surface area contributed by atoms with Gasteiger partial charge in [-0.25, -0.2) is 0 Å². The molecule has 2 aromatic carbocycles. The number of para-hydroxylation sites is 1. The third kappa shape index (κ3) is 3.56. The average Bonchev–Trinajstić information content (AvgIpc) is 2.96. The number of hydrogen-bond acceptors (Lipinski definition) is 3. The molecule has 1 heterocycles. The largest absolute Gasteiger partial charge is 0.492 e. The van der Waals surface area contributed by atoms with Gasteiger partial charge in [-0.15, -0.1) is 0 Å². The minimum Gasteiger partial charge on any atom is -0.492 e. The van der Waals surface area contributed by atoms with Gasteiger partial charge in [0.2, 0.25) is 0 Å². The molecular weight excluding hydrogens is 260 g/mol. The van der Waals surface area contributed by atoms with Crippen molar-refractivity contribution in [3.05, 3.63) is 59.2 Å². The molecule has 0 saturated heterocycles. The van der Waals surface area contributed by atoms with Crippen LogP contribution in [-0.2, 0) is 13.0 Å². The highest BCUT2D eigenvalue weighted by atomic mass is 16.5. The molecule has 0 atom stereocenters. The number of fused-ring (bicyclic) bond motifs is 1. The highest BCUT2D eigenvalue weighted by molar-refractivity contribution is 5.61. The Hall–Kier alpha value is -2.00. The van der Waals surface area contributed by atoms with E-state index in [2.05, 4.69) is 47.9 Å². The van der Waals surface area contributed by atoms with E-state index in [9.17, 15) is 0 Å². The van der Waals surface area contributed by atoms with E-state index < -0.39 is 0 Å². The van der Waals surface area contributed by atoms with Crippen molar-refractivity contribution < 1.29 is 4.74 Å². The number of benzene rings is 2. The summed E-state index contributed by atoms with van der Waals surface area (Å²) in [5.41, 5.74) is 5.34. The first-order chi connectivity index (χ1) is 10.3. The molecule has 0 saturated carbocycles. The number of hydrogen-bond donors (Lipinski definition) is 2. The fraction of sp³-hybridized carbons (Fsp3) is 0.333. The molecule has 0 bridgehead atoms. The van der Waals surface area contributed by atoms with Crippen molar-refractivity contribution in [2.45, 2.75) is 19.9 Å². The summed E-state index contributed by atoms with van der Waals surface area (Å²) in [5, 5.41) is 6.92. The van der Waals surface area contributed by atoms with Gasteiger partial charge in [0.05, 0.1) is 0 Å². The van der Waals surface area contributed by atoms with Gasteiger partial charge in [-0.2, -0.15) is 0 Å². The van der Waals surface area contributed by atoms with Crippen molar-refractivity contribution in [3.63, 3.8) is 0 Å². The first kappa shape index (κ1) is 14.0. The minimum absolute atomic E-state index is 0.686. The number of aryl methyl sites for hydroxylation is 1. The smallest absolute Gasteiger partial charge is 0.119 e. The maximum absolute atomic E-state index is 5.74. The van der Waals surface area contributed by atoms with Gasteiger partial charge in [-0.05, 0) is 42.2 Å². The predicted molar refractivity (Wildman–Crippen MR) is 87.0 cm³/mol. The topological polar surface area (TPSA) is 33.3 Å². The van der Waals surface area contributed by atoms with Crippen LogP contribution in [0.25, 0.3) is 0 Å². The second-order valence-electron chi connectivity index (χ2n) is 5.47. The van der Waals surface area contributed by atoms with Crippen LogP contribution >= 0.6 is 0 Å². The summed E-state index contributed by atoms with van der Waals surface area (Å²) in [5.74, 6) is 0.944. The van der Waals surface area contributed by atoms with Gasteiger partial charge < -0.3 is 15.4 Å².